The molecule has 7 nitrogen and oxygen atoms in total. The number of fused-ring (bicyclic) bond motifs is 2. The van der Waals surface area contributed by atoms with Crippen LogP contribution in [0, 0.1) is 11.8 Å². The predicted octanol–water partition coefficient (Wildman–Crippen LogP) is 3.40. The molecule has 1 atom stereocenters. The van der Waals surface area contributed by atoms with Crippen LogP contribution in [0.5, 0.6) is 0 Å². The number of halogens is 1. The molecular formula is C25H25ClN6O. The zero-order chi connectivity index (χ0) is 22.9. The minimum Gasteiger partial charge on any atom is -0.341 e. The van der Waals surface area contributed by atoms with Crippen LogP contribution < -0.4 is 16.2 Å². The van der Waals surface area contributed by atoms with Crippen molar-refractivity contribution in [3.63, 3.8) is 0 Å². The smallest absolute Gasteiger partial charge is 0.293 e. The van der Waals surface area contributed by atoms with Gasteiger partial charge in [0.25, 0.3) is 5.56 Å². The molecule has 8 heteroatoms. The third-order valence-electron chi connectivity index (χ3n) is 6.17. The number of piperidine rings is 1. The number of nitrogens with zero attached hydrogens (tertiary/aromatic N) is 5. The Morgan fingerprint density at radius 1 is 1.21 bits per heavy atom. The zero-order valence-corrected chi connectivity index (χ0v) is 19.2. The molecule has 3 heterocycles. The van der Waals surface area contributed by atoms with Crippen molar-refractivity contribution >= 4 is 39.4 Å². The molecule has 33 heavy (non-hydrogen) atoms. The van der Waals surface area contributed by atoms with Crippen molar-refractivity contribution in [1.29, 1.82) is 0 Å². The largest absolute Gasteiger partial charge is 0.341 e. The van der Waals surface area contributed by atoms with Crippen molar-refractivity contribution in [2.45, 2.75) is 38.9 Å². The van der Waals surface area contributed by atoms with Crippen molar-refractivity contribution in [2.24, 2.45) is 5.73 Å². The Labute approximate surface area is 196 Å². The zero-order valence-electron chi connectivity index (χ0n) is 18.5. The lowest BCUT2D eigenvalue weighted by atomic mass is 10.0. The molecule has 1 unspecified atom stereocenters. The van der Waals surface area contributed by atoms with Gasteiger partial charge in [-0.15, -0.1) is 5.92 Å². The summed E-state index contributed by atoms with van der Waals surface area (Å²) in [5.41, 5.74) is 8.08. The van der Waals surface area contributed by atoms with E-state index in [9.17, 15) is 4.79 Å². The fraction of sp³-hybridized carbons (Fsp3) is 0.320. The van der Waals surface area contributed by atoms with E-state index in [1.807, 2.05) is 41.0 Å². The number of nitrogens with two attached hydrogens (primary N) is 1. The highest BCUT2D eigenvalue weighted by Gasteiger charge is 2.24. The third kappa shape index (κ3) is 3.97. The van der Waals surface area contributed by atoms with Crippen LogP contribution in [0.25, 0.3) is 21.8 Å². The maximum Gasteiger partial charge on any atom is 0.293 e. The lowest BCUT2D eigenvalue weighted by Crippen LogP contribution is -2.44. The van der Waals surface area contributed by atoms with E-state index in [1.165, 1.54) is 4.68 Å². The van der Waals surface area contributed by atoms with Gasteiger partial charge in [-0.05, 0) is 36.8 Å². The first kappa shape index (κ1) is 21.5. The highest BCUT2D eigenvalue weighted by Crippen LogP contribution is 2.27. The molecule has 1 saturated heterocycles. The number of aromatic nitrogens is 4. The summed E-state index contributed by atoms with van der Waals surface area (Å²) in [6.07, 6.45) is 3.66. The van der Waals surface area contributed by atoms with E-state index >= 15 is 0 Å². The molecule has 0 radical (unpaired) electrons. The summed E-state index contributed by atoms with van der Waals surface area (Å²) in [6.45, 7) is 4.08. The Morgan fingerprint density at radius 3 is 2.82 bits per heavy atom. The normalized spacial score (nSPS) is 16.2. The number of hydrogen-bond acceptors (Lipinski definition) is 5. The molecule has 2 aromatic carbocycles. The Bertz CT molecular complexity index is 1460. The van der Waals surface area contributed by atoms with E-state index in [1.54, 1.807) is 13.1 Å². The maximum absolute atomic E-state index is 13.6. The second-order valence-corrected chi connectivity index (χ2v) is 8.77. The third-order valence-corrected chi connectivity index (χ3v) is 6.50. The van der Waals surface area contributed by atoms with Crippen LogP contribution >= 0.6 is 11.6 Å². The van der Waals surface area contributed by atoms with Gasteiger partial charge in [0.15, 0.2) is 0 Å². The van der Waals surface area contributed by atoms with Gasteiger partial charge in [-0.3, -0.25) is 9.36 Å². The van der Waals surface area contributed by atoms with Gasteiger partial charge in [0, 0.05) is 29.5 Å². The van der Waals surface area contributed by atoms with Gasteiger partial charge in [-0.2, -0.15) is 5.10 Å². The molecular weight excluding hydrogens is 436 g/mol. The van der Waals surface area contributed by atoms with Crippen LogP contribution in [0.3, 0.4) is 0 Å². The lowest BCUT2D eigenvalue weighted by Gasteiger charge is -2.31. The predicted molar refractivity (Wildman–Crippen MR) is 133 cm³/mol. The van der Waals surface area contributed by atoms with E-state index in [0.717, 1.165) is 41.7 Å². The standard InChI is InChI=1S/C25H25ClN6O/c1-2-3-13-31-23-22(29-25(31)30-12-6-7-18(27)16-30)14-28-32(24(23)33)15-17-10-11-21(26)20-9-5-4-8-19(17)20/h4-5,8-11,14,18H,6-7,12-13,15-16,27H2,1H3. The second-order valence-electron chi connectivity index (χ2n) is 8.37. The van der Waals surface area contributed by atoms with Gasteiger partial charge in [0.2, 0.25) is 5.95 Å². The van der Waals surface area contributed by atoms with Gasteiger partial charge in [-0.25, -0.2) is 9.67 Å². The molecule has 1 fully saturated rings. The Morgan fingerprint density at radius 2 is 2.03 bits per heavy atom. The fourth-order valence-electron chi connectivity index (χ4n) is 4.55. The molecule has 1 aliphatic heterocycles. The SMILES string of the molecule is CC#CCn1c(N2CCCC(N)C2)nc2cnn(Cc3ccc(Cl)c4ccccc34)c(=O)c21. The molecule has 4 aromatic rings. The maximum atomic E-state index is 13.6. The van der Waals surface area contributed by atoms with E-state index in [0.29, 0.717) is 35.7 Å². The number of imidazole rings is 1. The summed E-state index contributed by atoms with van der Waals surface area (Å²) in [4.78, 5) is 20.5. The van der Waals surface area contributed by atoms with Crippen LogP contribution in [-0.4, -0.2) is 38.5 Å². The Balaban J connectivity index is 1.62. The first-order valence-corrected chi connectivity index (χ1v) is 11.5. The molecule has 168 valence electrons. The number of anilines is 1. The van der Waals surface area contributed by atoms with Crippen molar-refractivity contribution < 1.29 is 0 Å². The number of rotatable bonds is 4. The van der Waals surface area contributed by atoms with Crippen molar-refractivity contribution in [3.05, 3.63) is 63.5 Å². The lowest BCUT2D eigenvalue weighted by molar-refractivity contribution is 0.496. The monoisotopic (exact) mass is 460 g/mol. The molecule has 1 aliphatic rings. The fourth-order valence-corrected chi connectivity index (χ4v) is 4.78. The average Bonchev–Trinajstić information content (AvgIpc) is 3.20. The Hall–Kier alpha value is -3.34. The summed E-state index contributed by atoms with van der Waals surface area (Å²) in [6, 6.07) is 11.8. The average molecular weight is 461 g/mol. The molecule has 2 aromatic heterocycles. The van der Waals surface area contributed by atoms with Gasteiger partial charge in [0.1, 0.15) is 11.0 Å². The summed E-state index contributed by atoms with van der Waals surface area (Å²) < 4.78 is 3.39. The van der Waals surface area contributed by atoms with Crippen molar-refractivity contribution in [1.82, 2.24) is 19.3 Å². The molecule has 0 amide bonds. The van der Waals surface area contributed by atoms with Crippen molar-refractivity contribution in [2.75, 3.05) is 18.0 Å². The van der Waals surface area contributed by atoms with E-state index in [-0.39, 0.29) is 11.6 Å². The molecule has 0 saturated carbocycles. The Kier molecular flexibility index (Phi) is 5.79. The molecule has 2 N–H and O–H groups in total. The van der Waals surface area contributed by atoms with Gasteiger partial charge >= 0.3 is 0 Å². The molecule has 0 spiro atoms. The van der Waals surface area contributed by atoms with Crippen LogP contribution in [0.2, 0.25) is 5.02 Å². The summed E-state index contributed by atoms with van der Waals surface area (Å²) in [7, 11) is 0. The molecule has 0 bridgehead atoms. The summed E-state index contributed by atoms with van der Waals surface area (Å²) >= 11 is 6.38. The van der Waals surface area contributed by atoms with Gasteiger partial charge in [0.05, 0.1) is 19.3 Å². The number of benzene rings is 2. The highest BCUT2D eigenvalue weighted by atomic mass is 35.5. The first-order chi connectivity index (χ1) is 16.1. The van der Waals surface area contributed by atoms with Gasteiger partial charge in [-0.1, -0.05) is 47.9 Å². The minimum absolute atomic E-state index is 0.0947. The van der Waals surface area contributed by atoms with Crippen molar-refractivity contribution in [3.8, 4) is 11.8 Å². The quantitative estimate of drug-likeness (QED) is 0.472. The molecule has 5 rings (SSSR count). The summed E-state index contributed by atoms with van der Waals surface area (Å²) in [5, 5.41) is 7.09. The van der Waals surface area contributed by atoms with E-state index < -0.39 is 0 Å². The van der Waals surface area contributed by atoms with Crippen LogP contribution in [0.1, 0.15) is 25.3 Å². The van der Waals surface area contributed by atoms with E-state index in [4.69, 9.17) is 22.3 Å². The molecule has 0 aliphatic carbocycles. The second kappa shape index (κ2) is 8.89. The van der Waals surface area contributed by atoms with Crippen LogP contribution in [0.15, 0.2) is 47.4 Å². The topological polar surface area (TPSA) is 82.0 Å². The van der Waals surface area contributed by atoms with Crippen LogP contribution in [-0.2, 0) is 13.1 Å². The van der Waals surface area contributed by atoms with Gasteiger partial charge < -0.3 is 10.6 Å². The van der Waals surface area contributed by atoms with E-state index in [2.05, 4.69) is 21.8 Å². The number of hydrogen-bond donors (Lipinski definition) is 1. The summed E-state index contributed by atoms with van der Waals surface area (Å²) in [5.74, 6) is 6.76. The first-order valence-electron chi connectivity index (χ1n) is 11.1. The minimum atomic E-state index is -0.190. The highest BCUT2D eigenvalue weighted by molar-refractivity contribution is 6.35. The van der Waals surface area contributed by atoms with Crippen LogP contribution in [0.4, 0.5) is 5.95 Å².